The molecule has 2 aliphatic rings. The number of hydrogen-bond donors (Lipinski definition) is 1. The summed E-state index contributed by atoms with van der Waals surface area (Å²) in [6.45, 7) is 6.30. The summed E-state index contributed by atoms with van der Waals surface area (Å²) in [5.41, 5.74) is 2.63. The van der Waals surface area contributed by atoms with Crippen LogP contribution in [0.25, 0.3) is 0 Å². The standard InChI is InChI=1S/C14H20N2O2/c1-3-14(16-5-7-17-8-6-16)4-2-12(1)9-15-13-10-18-11-13/h1-4,13,15H,5-11H2. The molecule has 4 nitrogen and oxygen atoms in total. The van der Waals surface area contributed by atoms with Gasteiger partial charge in [0.2, 0.25) is 0 Å². The predicted octanol–water partition coefficient (Wildman–Crippen LogP) is 1.01. The molecule has 2 fully saturated rings. The summed E-state index contributed by atoms with van der Waals surface area (Å²) in [7, 11) is 0. The molecule has 2 saturated heterocycles. The number of anilines is 1. The number of ether oxygens (including phenoxy) is 2. The van der Waals surface area contributed by atoms with Crippen LogP contribution in [0, 0.1) is 0 Å². The lowest BCUT2D eigenvalue weighted by atomic mass is 10.1. The molecule has 0 aliphatic carbocycles. The molecule has 2 heterocycles. The summed E-state index contributed by atoms with van der Waals surface area (Å²) in [4.78, 5) is 2.38. The second kappa shape index (κ2) is 5.69. The van der Waals surface area contributed by atoms with Gasteiger partial charge in [0.05, 0.1) is 32.5 Å². The van der Waals surface area contributed by atoms with Gasteiger partial charge < -0.3 is 19.7 Å². The molecule has 3 rings (SSSR count). The third-order valence-corrected chi connectivity index (χ3v) is 3.55. The third kappa shape index (κ3) is 2.83. The highest BCUT2D eigenvalue weighted by atomic mass is 16.5. The summed E-state index contributed by atoms with van der Waals surface area (Å²) in [6.07, 6.45) is 0. The number of benzene rings is 1. The molecule has 4 heteroatoms. The molecule has 0 atom stereocenters. The first-order chi connectivity index (χ1) is 8.92. The zero-order chi connectivity index (χ0) is 12.2. The van der Waals surface area contributed by atoms with Gasteiger partial charge in [-0.05, 0) is 17.7 Å². The number of morpholine rings is 1. The zero-order valence-corrected chi connectivity index (χ0v) is 10.6. The molecule has 0 bridgehead atoms. The van der Waals surface area contributed by atoms with Gasteiger partial charge >= 0.3 is 0 Å². The van der Waals surface area contributed by atoms with Gasteiger partial charge in [-0.3, -0.25) is 0 Å². The molecule has 0 aromatic heterocycles. The van der Waals surface area contributed by atoms with Crippen LogP contribution in [0.4, 0.5) is 5.69 Å². The summed E-state index contributed by atoms with van der Waals surface area (Å²) >= 11 is 0. The number of nitrogens with one attached hydrogen (secondary N) is 1. The number of nitrogens with zero attached hydrogens (tertiary/aromatic N) is 1. The van der Waals surface area contributed by atoms with E-state index >= 15 is 0 Å². The van der Waals surface area contributed by atoms with Crippen molar-refractivity contribution in [1.29, 1.82) is 0 Å². The van der Waals surface area contributed by atoms with Crippen LogP contribution in [0.5, 0.6) is 0 Å². The smallest absolute Gasteiger partial charge is 0.0643 e. The van der Waals surface area contributed by atoms with E-state index in [1.807, 2.05) is 0 Å². The molecular weight excluding hydrogens is 228 g/mol. The van der Waals surface area contributed by atoms with Gasteiger partial charge in [-0.1, -0.05) is 12.1 Å². The highest BCUT2D eigenvalue weighted by molar-refractivity contribution is 5.47. The fourth-order valence-electron chi connectivity index (χ4n) is 2.26. The maximum absolute atomic E-state index is 5.37. The fourth-order valence-corrected chi connectivity index (χ4v) is 2.26. The average molecular weight is 248 g/mol. The van der Waals surface area contributed by atoms with E-state index in [0.717, 1.165) is 46.1 Å². The highest BCUT2D eigenvalue weighted by Gasteiger charge is 2.17. The van der Waals surface area contributed by atoms with E-state index in [0.29, 0.717) is 6.04 Å². The molecule has 1 aromatic carbocycles. The van der Waals surface area contributed by atoms with Gasteiger partial charge in [0, 0.05) is 25.3 Å². The molecule has 98 valence electrons. The van der Waals surface area contributed by atoms with Crippen LogP contribution in [0.15, 0.2) is 24.3 Å². The molecule has 18 heavy (non-hydrogen) atoms. The Bertz CT molecular complexity index is 370. The van der Waals surface area contributed by atoms with Gasteiger partial charge in [-0.25, -0.2) is 0 Å². The maximum Gasteiger partial charge on any atom is 0.0643 e. The number of rotatable bonds is 4. The predicted molar refractivity (Wildman–Crippen MR) is 70.9 cm³/mol. The Kier molecular flexibility index (Phi) is 3.78. The maximum atomic E-state index is 5.37. The summed E-state index contributed by atoms with van der Waals surface area (Å²) in [6, 6.07) is 9.37. The first-order valence-corrected chi connectivity index (χ1v) is 6.64. The molecule has 1 N–H and O–H groups in total. The van der Waals surface area contributed by atoms with Crippen molar-refractivity contribution < 1.29 is 9.47 Å². The van der Waals surface area contributed by atoms with Crippen molar-refractivity contribution in [3.8, 4) is 0 Å². The van der Waals surface area contributed by atoms with E-state index < -0.39 is 0 Å². The third-order valence-electron chi connectivity index (χ3n) is 3.55. The van der Waals surface area contributed by atoms with Crippen molar-refractivity contribution in [1.82, 2.24) is 5.32 Å². The monoisotopic (exact) mass is 248 g/mol. The summed E-state index contributed by atoms with van der Waals surface area (Å²) in [5.74, 6) is 0. The van der Waals surface area contributed by atoms with Crippen molar-refractivity contribution in [3.63, 3.8) is 0 Å². The molecule has 0 spiro atoms. The van der Waals surface area contributed by atoms with Crippen LogP contribution in [-0.2, 0) is 16.0 Å². The quantitative estimate of drug-likeness (QED) is 0.862. The summed E-state index contributed by atoms with van der Waals surface area (Å²) < 4.78 is 10.5. The van der Waals surface area contributed by atoms with Gasteiger partial charge in [-0.2, -0.15) is 0 Å². The Labute approximate surface area is 108 Å². The Morgan fingerprint density at radius 2 is 1.78 bits per heavy atom. The van der Waals surface area contributed by atoms with Crippen molar-refractivity contribution in [3.05, 3.63) is 29.8 Å². The molecule has 0 amide bonds. The lowest BCUT2D eigenvalue weighted by Crippen LogP contribution is -2.45. The van der Waals surface area contributed by atoms with Crippen molar-refractivity contribution in [2.24, 2.45) is 0 Å². The SMILES string of the molecule is c1cc(N2CCOCC2)ccc1CNC1COC1. The minimum Gasteiger partial charge on any atom is -0.378 e. The van der Waals surface area contributed by atoms with Crippen LogP contribution in [-0.4, -0.2) is 45.6 Å². The van der Waals surface area contributed by atoms with Crippen molar-refractivity contribution in [2.75, 3.05) is 44.4 Å². The fraction of sp³-hybridized carbons (Fsp3) is 0.571. The van der Waals surface area contributed by atoms with Crippen LogP contribution in [0.3, 0.4) is 0 Å². The topological polar surface area (TPSA) is 33.7 Å². The van der Waals surface area contributed by atoms with E-state index in [-0.39, 0.29) is 0 Å². The Morgan fingerprint density at radius 1 is 1.06 bits per heavy atom. The summed E-state index contributed by atoms with van der Waals surface area (Å²) in [5, 5.41) is 3.48. The lowest BCUT2D eigenvalue weighted by Gasteiger charge is -2.29. The van der Waals surface area contributed by atoms with Crippen molar-refractivity contribution >= 4 is 5.69 Å². The van der Waals surface area contributed by atoms with Gasteiger partial charge in [-0.15, -0.1) is 0 Å². The number of hydrogen-bond acceptors (Lipinski definition) is 4. The minimum atomic E-state index is 0.545. The second-order valence-corrected chi connectivity index (χ2v) is 4.88. The largest absolute Gasteiger partial charge is 0.378 e. The minimum absolute atomic E-state index is 0.545. The molecule has 0 unspecified atom stereocenters. The normalized spacial score (nSPS) is 20.8. The molecular formula is C14H20N2O2. The van der Waals surface area contributed by atoms with Crippen LogP contribution in [0.1, 0.15) is 5.56 Å². The molecule has 1 aromatic rings. The molecule has 0 radical (unpaired) electrons. The second-order valence-electron chi connectivity index (χ2n) is 4.88. The Morgan fingerprint density at radius 3 is 2.39 bits per heavy atom. The van der Waals surface area contributed by atoms with Crippen LogP contribution >= 0.6 is 0 Å². The van der Waals surface area contributed by atoms with E-state index in [1.165, 1.54) is 11.3 Å². The van der Waals surface area contributed by atoms with Gasteiger partial charge in [0.25, 0.3) is 0 Å². The van der Waals surface area contributed by atoms with E-state index in [9.17, 15) is 0 Å². The highest BCUT2D eigenvalue weighted by Crippen LogP contribution is 2.16. The molecule has 2 aliphatic heterocycles. The van der Waals surface area contributed by atoms with Crippen LogP contribution in [0.2, 0.25) is 0 Å². The van der Waals surface area contributed by atoms with Crippen molar-refractivity contribution in [2.45, 2.75) is 12.6 Å². The Hall–Kier alpha value is -1.10. The zero-order valence-electron chi connectivity index (χ0n) is 10.6. The first-order valence-electron chi connectivity index (χ1n) is 6.64. The Balaban J connectivity index is 1.54. The first kappa shape index (κ1) is 12.0. The van der Waals surface area contributed by atoms with E-state index in [4.69, 9.17) is 9.47 Å². The van der Waals surface area contributed by atoms with Gasteiger partial charge in [0.15, 0.2) is 0 Å². The lowest BCUT2D eigenvalue weighted by molar-refractivity contribution is -0.00578. The van der Waals surface area contributed by atoms with E-state index in [1.54, 1.807) is 0 Å². The van der Waals surface area contributed by atoms with E-state index in [2.05, 4.69) is 34.5 Å². The van der Waals surface area contributed by atoms with Gasteiger partial charge in [0.1, 0.15) is 0 Å². The average Bonchev–Trinajstić information content (AvgIpc) is 2.39. The van der Waals surface area contributed by atoms with Crippen LogP contribution < -0.4 is 10.2 Å². The molecule has 0 saturated carbocycles.